The molecule has 30 heavy (non-hydrogen) atoms. The van der Waals surface area contributed by atoms with E-state index < -0.39 is 0 Å². The summed E-state index contributed by atoms with van der Waals surface area (Å²) < 4.78 is 7.15. The minimum atomic E-state index is -0.248. The highest BCUT2D eigenvalue weighted by atomic mass is 16.3. The SMILES string of the molecule is CC(=O)NCCNC(=O)c1cc(-c2ccccc2)nc2c1cnn2Cc1ccco1. The van der Waals surface area contributed by atoms with E-state index in [9.17, 15) is 9.59 Å². The summed E-state index contributed by atoms with van der Waals surface area (Å²) in [6.07, 6.45) is 3.25. The van der Waals surface area contributed by atoms with Crippen molar-refractivity contribution in [2.75, 3.05) is 13.1 Å². The van der Waals surface area contributed by atoms with Gasteiger partial charge < -0.3 is 15.1 Å². The lowest BCUT2D eigenvalue weighted by Crippen LogP contribution is -2.33. The summed E-state index contributed by atoms with van der Waals surface area (Å²) >= 11 is 0. The maximum Gasteiger partial charge on any atom is 0.252 e. The van der Waals surface area contributed by atoms with Crippen LogP contribution in [0.25, 0.3) is 22.3 Å². The third-order valence-electron chi connectivity index (χ3n) is 4.59. The number of fused-ring (bicyclic) bond motifs is 1. The van der Waals surface area contributed by atoms with Crippen molar-refractivity contribution in [2.45, 2.75) is 13.5 Å². The molecule has 4 rings (SSSR count). The molecule has 0 bridgehead atoms. The quantitative estimate of drug-likeness (QED) is 0.462. The number of nitrogens with one attached hydrogen (secondary N) is 2. The van der Waals surface area contributed by atoms with E-state index in [1.54, 1.807) is 23.2 Å². The average molecular weight is 403 g/mol. The average Bonchev–Trinajstić information content (AvgIpc) is 3.41. The van der Waals surface area contributed by atoms with Crippen molar-refractivity contribution in [1.29, 1.82) is 0 Å². The Hall–Kier alpha value is -3.94. The van der Waals surface area contributed by atoms with Gasteiger partial charge in [-0.25, -0.2) is 9.67 Å². The Morgan fingerprint density at radius 1 is 1.07 bits per heavy atom. The smallest absolute Gasteiger partial charge is 0.252 e. The number of pyridine rings is 1. The highest BCUT2D eigenvalue weighted by molar-refractivity contribution is 6.06. The van der Waals surface area contributed by atoms with Crippen LogP contribution in [0.2, 0.25) is 0 Å². The fourth-order valence-corrected chi connectivity index (χ4v) is 3.17. The number of rotatable bonds is 7. The normalized spacial score (nSPS) is 10.8. The molecule has 8 heteroatoms. The van der Waals surface area contributed by atoms with Crippen LogP contribution in [0, 0.1) is 0 Å². The molecule has 1 aromatic carbocycles. The van der Waals surface area contributed by atoms with Gasteiger partial charge in [-0.3, -0.25) is 9.59 Å². The number of hydrogen-bond acceptors (Lipinski definition) is 5. The number of furan rings is 1. The Morgan fingerprint density at radius 3 is 2.60 bits per heavy atom. The number of amides is 2. The minimum absolute atomic E-state index is 0.138. The van der Waals surface area contributed by atoms with Gasteiger partial charge in [-0.05, 0) is 18.2 Å². The zero-order valence-corrected chi connectivity index (χ0v) is 16.5. The highest BCUT2D eigenvalue weighted by Crippen LogP contribution is 2.25. The van der Waals surface area contributed by atoms with Crippen molar-refractivity contribution < 1.29 is 14.0 Å². The third kappa shape index (κ3) is 4.22. The van der Waals surface area contributed by atoms with Gasteiger partial charge in [-0.2, -0.15) is 5.10 Å². The maximum atomic E-state index is 12.9. The molecule has 0 radical (unpaired) electrons. The van der Waals surface area contributed by atoms with Gasteiger partial charge in [0.1, 0.15) is 12.3 Å². The van der Waals surface area contributed by atoms with Crippen molar-refractivity contribution in [2.24, 2.45) is 0 Å². The lowest BCUT2D eigenvalue weighted by Gasteiger charge is -2.10. The molecule has 2 N–H and O–H groups in total. The van der Waals surface area contributed by atoms with Crippen LogP contribution in [0.1, 0.15) is 23.0 Å². The number of nitrogens with zero attached hydrogens (tertiary/aromatic N) is 3. The number of benzene rings is 1. The van der Waals surface area contributed by atoms with Gasteiger partial charge in [0.05, 0.1) is 29.1 Å². The molecule has 0 fully saturated rings. The fourth-order valence-electron chi connectivity index (χ4n) is 3.17. The minimum Gasteiger partial charge on any atom is -0.467 e. The van der Waals surface area contributed by atoms with Crippen LogP contribution >= 0.6 is 0 Å². The monoisotopic (exact) mass is 403 g/mol. The van der Waals surface area contributed by atoms with Crippen LogP contribution in [-0.4, -0.2) is 39.7 Å². The molecule has 152 valence electrons. The Balaban J connectivity index is 1.71. The Morgan fingerprint density at radius 2 is 1.87 bits per heavy atom. The molecule has 0 saturated heterocycles. The second-order valence-corrected chi connectivity index (χ2v) is 6.78. The van der Waals surface area contributed by atoms with E-state index in [1.807, 2.05) is 42.5 Å². The first kappa shape index (κ1) is 19.4. The van der Waals surface area contributed by atoms with E-state index in [0.717, 1.165) is 11.3 Å². The van der Waals surface area contributed by atoms with E-state index in [2.05, 4.69) is 15.7 Å². The van der Waals surface area contributed by atoms with Crippen LogP contribution in [0.5, 0.6) is 0 Å². The van der Waals surface area contributed by atoms with E-state index in [-0.39, 0.29) is 11.8 Å². The van der Waals surface area contributed by atoms with Crippen molar-refractivity contribution in [3.8, 4) is 11.3 Å². The standard InChI is InChI=1S/C22H21N5O3/c1-15(28)23-9-10-24-22(29)18-12-20(16-6-3-2-4-7-16)26-21-19(18)13-25-27(21)14-17-8-5-11-30-17/h2-8,11-13H,9-10,14H2,1H3,(H,23,28)(H,24,29). The fraction of sp³-hybridized carbons (Fsp3) is 0.182. The highest BCUT2D eigenvalue weighted by Gasteiger charge is 2.18. The van der Waals surface area contributed by atoms with Crippen LogP contribution < -0.4 is 10.6 Å². The Labute approximate surface area is 172 Å². The molecule has 8 nitrogen and oxygen atoms in total. The van der Waals surface area contributed by atoms with Crippen LogP contribution in [-0.2, 0) is 11.3 Å². The summed E-state index contributed by atoms with van der Waals surface area (Å²) in [7, 11) is 0. The summed E-state index contributed by atoms with van der Waals surface area (Å²) in [6.45, 7) is 2.53. The second kappa shape index (κ2) is 8.60. The zero-order valence-electron chi connectivity index (χ0n) is 16.5. The molecule has 0 spiro atoms. The first-order valence-corrected chi connectivity index (χ1v) is 9.59. The topological polar surface area (TPSA) is 102 Å². The molecule has 0 atom stereocenters. The lowest BCUT2D eigenvalue weighted by molar-refractivity contribution is -0.118. The van der Waals surface area contributed by atoms with E-state index in [0.29, 0.717) is 41.9 Å². The van der Waals surface area contributed by atoms with Crippen LogP contribution in [0.15, 0.2) is 65.4 Å². The van der Waals surface area contributed by atoms with Gasteiger partial charge >= 0.3 is 0 Å². The summed E-state index contributed by atoms with van der Waals surface area (Å²) in [4.78, 5) is 28.7. The number of aromatic nitrogens is 3. The molecule has 3 aromatic heterocycles. The van der Waals surface area contributed by atoms with Gasteiger partial charge in [0.15, 0.2) is 5.65 Å². The van der Waals surface area contributed by atoms with Crippen molar-refractivity contribution >= 4 is 22.8 Å². The van der Waals surface area contributed by atoms with E-state index >= 15 is 0 Å². The number of hydrogen-bond donors (Lipinski definition) is 2. The van der Waals surface area contributed by atoms with Gasteiger partial charge in [0, 0.05) is 25.6 Å². The molecule has 0 unspecified atom stereocenters. The van der Waals surface area contributed by atoms with Crippen molar-refractivity contribution in [1.82, 2.24) is 25.4 Å². The van der Waals surface area contributed by atoms with Crippen LogP contribution in [0.3, 0.4) is 0 Å². The van der Waals surface area contributed by atoms with Gasteiger partial charge in [-0.15, -0.1) is 0 Å². The van der Waals surface area contributed by atoms with E-state index in [4.69, 9.17) is 9.40 Å². The third-order valence-corrected chi connectivity index (χ3v) is 4.59. The first-order valence-electron chi connectivity index (χ1n) is 9.59. The summed E-state index contributed by atoms with van der Waals surface area (Å²) in [5.74, 6) is 0.358. The Bertz CT molecular complexity index is 1170. The Kier molecular flexibility index (Phi) is 5.56. The molecule has 0 saturated carbocycles. The summed E-state index contributed by atoms with van der Waals surface area (Å²) in [5, 5.41) is 10.6. The van der Waals surface area contributed by atoms with Gasteiger partial charge in [0.25, 0.3) is 5.91 Å². The number of carbonyl (C=O) groups excluding carboxylic acids is 2. The maximum absolute atomic E-state index is 12.9. The number of carbonyl (C=O) groups is 2. The summed E-state index contributed by atoms with van der Waals surface area (Å²) in [5.41, 5.74) is 2.65. The summed E-state index contributed by atoms with van der Waals surface area (Å²) in [6, 6.07) is 15.1. The van der Waals surface area contributed by atoms with Crippen molar-refractivity contribution in [3.63, 3.8) is 0 Å². The second-order valence-electron chi connectivity index (χ2n) is 6.78. The molecule has 3 heterocycles. The van der Waals surface area contributed by atoms with E-state index in [1.165, 1.54) is 6.92 Å². The molecule has 4 aromatic rings. The lowest BCUT2D eigenvalue weighted by atomic mass is 10.1. The largest absolute Gasteiger partial charge is 0.467 e. The zero-order chi connectivity index (χ0) is 20.9. The van der Waals surface area contributed by atoms with Gasteiger partial charge in [0.2, 0.25) is 5.91 Å². The van der Waals surface area contributed by atoms with Crippen LogP contribution in [0.4, 0.5) is 0 Å². The molecular formula is C22H21N5O3. The molecule has 0 aliphatic rings. The predicted molar refractivity (Wildman–Crippen MR) is 112 cm³/mol. The molecule has 0 aliphatic heterocycles. The van der Waals surface area contributed by atoms with Gasteiger partial charge in [-0.1, -0.05) is 30.3 Å². The molecule has 2 amide bonds. The molecular weight excluding hydrogens is 382 g/mol. The molecule has 0 aliphatic carbocycles. The predicted octanol–water partition coefficient (Wildman–Crippen LogP) is 2.61. The van der Waals surface area contributed by atoms with Crippen molar-refractivity contribution in [3.05, 3.63) is 72.3 Å². The first-order chi connectivity index (χ1) is 14.6.